The van der Waals surface area contributed by atoms with Gasteiger partial charge in [-0.05, 0) is 39.0 Å². The van der Waals surface area contributed by atoms with Crippen LogP contribution in [-0.2, 0) is 16.2 Å². The van der Waals surface area contributed by atoms with E-state index in [1.165, 1.54) is 27.6 Å². The van der Waals surface area contributed by atoms with E-state index in [0.717, 1.165) is 0 Å². The molecule has 2 aromatic rings. The molecule has 1 aromatic heterocycles. The summed E-state index contributed by atoms with van der Waals surface area (Å²) in [5.41, 5.74) is 5.61. The molecule has 2 rings (SSSR count). The minimum Gasteiger partial charge on any atom is -0.256 e. The minimum absolute atomic E-state index is 0.0954. The molecule has 0 aliphatic heterocycles. The Kier molecular flexibility index (Phi) is 3.92. The zero-order valence-electron chi connectivity index (χ0n) is 15.8. The first kappa shape index (κ1) is 17.0. The van der Waals surface area contributed by atoms with Gasteiger partial charge in [0, 0.05) is 11.6 Å². The van der Waals surface area contributed by atoms with E-state index in [0.29, 0.717) is 0 Å². The van der Waals surface area contributed by atoms with Crippen LogP contribution in [0.2, 0.25) is 0 Å². The second kappa shape index (κ2) is 5.08. The molecular formula is C21H31N. The molecule has 0 aliphatic rings. The van der Waals surface area contributed by atoms with Crippen LogP contribution in [0.5, 0.6) is 0 Å². The number of hydrogen-bond donors (Lipinski definition) is 0. The summed E-state index contributed by atoms with van der Waals surface area (Å²) in [6.07, 6.45) is 1.98. The van der Waals surface area contributed by atoms with Gasteiger partial charge in [0.1, 0.15) is 0 Å². The maximum absolute atomic E-state index is 4.80. The molecule has 1 heteroatoms. The fourth-order valence-corrected chi connectivity index (χ4v) is 3.12. The van der Waals surface area contributed by atoms with Gasteiger partial charge in [-0.3, -0.25) is 4.98 Å². The van der Waals surface area contributed by atoms with Crippen LogP contribution in [0.15, 0.2) is 24.4 Å². The van der Waals surface area contributed by atoms with Crippen LogP contribution >= 0.6 is 0 Å². The van der Waals surface area contributed by atoms with Gasteiger partial charge in [0.25, 0.3) is 0 Å². The molecule has 0 saturated carbocycles. The predicted molar refractivity (Wildman–Crippen MR) is 97.8 cm³/mol. The van der Waals surface area contributed by atoms with Crippen LogP contribution in [-0.4, -0.2) is 4.98 Å². The van der Waals surface area contributed by atoms with Crippen LogP contribution in [0.1, 0.15) is 79.0 Å². The molecule has 0 N–H and O–H groups in total. The Morgan fingerprint density at radius 1 is 0.591 bits per heavy atom. The zero-order valence-corrected chi connectivity index (χ0v) is 15.8. The normalized spacial score (nSPS) is 13.7. The third-order valence-corrected chi connectivity index (χ3v) is 4.32. The van der Waals surface area contributed by atoms with Gasteiger partial charge >= 0.3 is 0 Å². The standard InChI is InChI=1S/C21H31N/c1-19(2,3)14-10-11-16(21(7,8)9)18-17(14)15(12-13-22-18)20(4,5)6/h10-13H,1-9H3. The maximum atomic E-state index is 4.80. The molecule has 0 radical (unpaired) electrons. The Labute approximate surface area is 136 Å². The minimum atomic E-state index is 0.0954. The van der Waals surface area contributed by atoms with Gasteiger partial charge < -0.3 is 0 Å². The second-order valence-corrected chi connectivity index (χ2v) is 9.49. The van der Waals surface area contributed by atoms with E-state index >= 15 is 0 Å². The molecule has 0 atom stereocenters. The third kappa shape index (κ3) is 3.04. The topological polar surface area (TPSA) is 12.9 Å². The highest BCUT2D eigenvalue weighted by Crippen LogP contribution is 2.40. The van der Waals surface area contributed by atoms with Crippen molar-refractivity contribution in [3.63, 3.8) is 0 Å². The molecular weight excluding hydrogens is 266 g/mol. The fraction of sp³-hybridized carbons (Fsp3) is 0.571. The Balaban J connectivity index is 3.02. The van der Waals surface area contributed by atoms with Gasteiger partial charge in [-0.1, -0.05) is 74.4 Å². The molecule has 1 nitrogen and oxygen atoms in total. The van der Waals surface area contributed by atoms with E-state index in [2.05, 4.69) is 80.5 Å². The monoisotopic (exact) mass is 297 g/mol. The molecule has 22 heavy (non-hydrogen) atoms. The molecule has 0 saturated heterocycles. The van der Waals surface area contributed by atoms with E-state index in [4.69, 9.17) is 4.98 Å². The van der Waals surface area contributed by atoms with Gasteiger partial charge in [-0.15, -0.1) is 0 Å². The molecule has 1 aromatic carbocycles. The van der Waals surface area contributed by atoms with Crippen LogP contribution in [0.25, 0.3) is 10.9 Å². The van der Waals surface area contributed by atoms with Crippen molar-refractivity contribution in [1.82, 2.24) is 4.98 Å². The number of benzene rings is 1. The zero-order chi connectivity index (χ0) is 16.9. The summed E-state index contributed by atoms with van der Waals surface area (Å²) >= 11 is 0. The van der Waals surface area contributed by atoms with Gasteiger partial charge in [0.2, 0.25) is 0 Å². The van der Waals surface area contributed by atoms with Gasteiger partial charge in [0.05, 0.1) is 5.52 Å². The highest BCUT2D eigenvalue weighted by atomic mass is 14.7. The lowest BCUT2D eigenvalue weighted by Crippen LogP contribution is -2.20. The molecule has 0 aliphatic carbocycles. The summed E-state index contributed by atoms with van der Waals surface area (Å²) < 4.78 is 0. The van der Waals surface area contributed by atoms with Gasteiger partial charge in [-0.25, -0.2) is 0 Å². The van der Waals surface area contributed by atoms with E-state index in [-0.39, 0.29) is 16.2 Å². The molecule has 0 fully saturated rings. The lowest BCUT2D eigenvalue weighted by Gasteiger charge is -2.30. The van der Waals surface area contributed by atoms with E-state index in [9.17, 15) is 0 Å². The van der Waals surface area contributed by atoms with Crippen molar-refractivity contribution in [2.45, 2.75) is 78.6 Å². The number of pyridine rings is 1. The van der Waals surface area contributed by atoms with Crippen molar-refractivity contribution in [1.29, 1.82) is 0 Å². The highest BCUT2D eigenvalue weighted by Gasteiger charge is 2.27. The first-order chi connectivity index (χ1) is 9.83. The molecule has 0 amide bonds. The summed E-state index contributed by atoms with van der Waals surface area (Å²) in [6.45, 7) is 20.5. The van der Waals surface area contributed by atoms with Crippen LogP contribution in [0.4, 0.5) is 0 Å². The third-order valence-electron chi connectivity index (χ3n) is 4.32. The number of nitrogens with zero attached hydrogens (tertiary/aromatic N) is 1. The highest BCUT2D eigenvalue weighted by molar-refractivity contribution is 5.90. The molecule has 0 bridgehead atoms. The van der Waals surface area contributed by atoms with Gasteiger partial charge in [-0.2, -0.15) is 0 Å². The maximum Gasteiger partial charge on any atom is 0.0745 e. The van der Waals surface area contributed by atoms with Crippen molar-refractivity contribution in [2.24, 2.45) is 0 Å². The Morgan fingerprint density at radius 3 is 1.45 bits per heavy atom. The van der Waals surface area contributed by atoms with Crippen molar-refractivity contribution in [3.8, 4) is 0 Å². The average Bonchev–Trinajstić information content (AvgIpc) is 2.33. The van der Waals surface area contributed by atoms with Crippen LogP contribution in [0.3, 0.4) is 0 Å². The summed E-state index contributed by atoms with van der Waals surface area (Å²) in [4.78, 5) is 4.80. The number of aromatic nitrogens is 1. The fourth-order valence-electron chi connectivity index (χ4n) is 3.12. The Morgan fingerprint density at radius 2 is 1.00 bits per heavy atom. The van der Waals surface area contributed by atoms with E-state index in [1.54, 1.807) is 0 Å². The van der Waals surface area contributed by atoms with Crippen molar-refractivity contribution >= 4 is 10.9 Å². The number of hydrogen-bond acceptors (Lipinski definition) is 1. The lowest BCUT2D eigenvalue weighted by atomic mass is 9.75. The Hall–Kier alpha value is -1.37. The summed E-state index contributed by atoms with van der Waals surface area (Å²) in [7, 11) is 0. The average molecular weight is 297 g/mol. The summed E-state index contributed by atoms with van der Waals surface area (Å²) in [5.74, 6) is 0. The smallest absolute Gasteiger partial charge is 0.0745 e. The molecule has 0 spiro atoms. The first-order valence-corrected chi connectivity index (χ1v) is 8.26. The number of rotatable bonds is 0. The predicted octanol–water partition coefficient (Wildman–Crippen LogP) is 6.13. The van der Waals surface area contributed by atoms with E-state index in [1.807, 2.05) is 6.20 Å². The SMILES string of the molecule is CC(C)(C)c1ccc(C(C)(C)C)c2c(C(C)(C)C)ccnc12. The van der Waals surface area contributed by atoms with E-state index < -0.39 is 0 Å². The lowest BCUT2D eigenvalue weighted by molar-refractivity contribution is 0.574. The number of fused-ring (bicyclic) bond motifs is 1. The van der Waals surface area contributed by atoms with Crippen molar-refractivity contribution in [2.75, 3.05) is 0 Å². The molecule has 1 heterocycles. The second-order valence-electron chi connectivity index (χ2n) is 9.49. The van der Waals surface area contributed by atoms with Crippen molar-refractivity contribution < 1.29 is 0 Å². The quantitative estimate of drug-likeness (QED) is 0.570. The summed E-state index contributed by atoms with van der Waals surface area (Å²) in [5, 5.41) is 1.36. The first-order valence-electron chi connectivity index (χ1n) is 8.26. The molecule has 120 valence electrons. The van der Waals surface area contributed by atoms with Gasteiger partial charge in [0.15, 0.2) is 0 Å². The van der Waals surface area contributed by atoms with Crippen LogP contribution in [0, 0.1) is 0 Å². The van der Waals surface area contributed by atoms with Crippen LogP contribution < -0.4 is 0 Å². The largest absolute Gasteiger partial charge is 0.256 e. The Bertz CT molecular complexity index is 668. The summed E-state index contributed by atoms with van der Waals surface area (Å²) in [6, 6.07) is 6.80. The molecule has 0 unspecified atom stereocenters. The van der Waals surface area contributed by atoms with Crippen molar-refractivity contribution in [3.05, 3.63) is 41.1 Å².